The van der Waals surface area contributed by atoms with Crippen molar-refractivity contribution in [3.63, 3.8) is 0 Å². The topological polar surface area (TPSA) is 257 Å². The third-order valence-corrected chi connectivity index (χ3v) is 13.8. The van der Waals surface area contributed by atoms with Crippen molar-refractivity contribution in [2.75, 3.05) is 19.8 Å². The second kappa shape index (κ2) is 34.5. The first-order chi connectivity index (χ1) is 32.4. The predicted molar refractivity (Wildman–Crippen MR) is 256 cm³/mol. The van der Waals surface area contributed by atoms with Crippen LogP contribution < -0.4 is 10.6 Å². The maximum atomic E-state index is 13.3. The normalized spacial score (nSPS) is 28.1. The highest BCUT2D eigenvalue weighted by molar-refractivity contribution is 5.86. The highest BCUT2D eigenvalue weighted by atomic mass is 16.7. The van der Waals surface area contributed by atoms with E-state index in [1.54, 1.807) is 6.08 Å². The molecule has 0 radical (unpaired) electrons. The Morgan fingerprint density at radius 1 is 0.761 bits per heavy atom. The second-order valence-corrected chi connectivity index (χ2v) is 19.6. The quantitative estimate of drug-likeness (QED) is 0.0278. The Morgan fingerprint density at radius 2 is 1.27 bits per heavy atom. The summed E-state index contributed by atoms with van der Waals surface area (Å²) in [7, 11) is 0. The molecule has 0 aromatic carbocycles. The van der Waals surface area contributed by atoms with E-state index in [2.05, 4.69) is 24.5 Å². The third kappa shape index (κ3) is 21.2. The lowest BCUT2D eigenvalue weighted by Crippen LogP contribution is -2.77. The van der Waals surface area contributed by atoms with Gasteiger partial charge in [-0.2, -0.15) is 0 Å². The molecule has 0 aromatic heterocycles. The predicted octanol–water partition coefficient (Wildman–Crippen LogP) is 5.25. The first-order valence-electron chi connectivity index (χ1n) is 26.6. The highest BCUT2D eigenvalue weighted by Gasteiger charge is 2.63. The lowest BCUT2D eigenvalue weighted by molar-refractivity contribution is -0.374. The minimum absolute atomic E-state index is 0.253. The van der Waals surface area contributed by atoms with Gasteiger partial charge < -0.3 is 70.4 Å². The molecule has 4 aliphatic rings. The Hall–Kier alpha value is -1.80. The van der Waals surface area contributed by atoms with Gasteiger partial charge in [0.2, 0.25) is 5.91 Å². The van der Waals surface area contributed by atoms with Crippen LogP contribution in [0, 0.1) is 0 Å². The van der Waals surface area contributed by atoms with Crippen LogP contribution in [0.25, 0.3) is 0 Å². The highest BCUT2D eigenvalue weighted by Crippen LogP contribution is 2.40. The molecule has 16 nitrogen and oxygen atoms in total. The largest absolute Gasteiger partial charge is 0.394 e. The number of aliphatic hydroxyl groups excluding tert-OH is 8. The van der Waals surface area contributed by atoms with Gasteiger partial charge in [-0.05, 0) is 19.3 Å². The van der Waals surface area contributed by atoms with Crippen molar-refractivity contribution in [2.24, 2.45) is 0 Å². The summed E-state index contributed by atoms with van der Waals surface area (Å²) in [6, 6.07) is -2.13. The smallest absolute Gasteiger partial charge is 0.280 e. The van der Waals surface area contributed by atoms with Gasteiger partial charge in [-0.15, -0.1) is 0 Å². The summed E-state index contributed by atoms with van der Waals surface area (Å²) in [5.41, 5.74) is 0. The van der Waals surface area contributed by atoms with Gasteiger partial charge in [0, 0.05) is 12.8 Å². The van der Waals surface area contributed by atoms with E-state index in [-0.39, 0.29) is 18.9 Å². The fourth-order valence-electron chi connectivity index (χ4n) is 9.49. The van der Waals surface area contributed by atoms with Gasteiger partial charge in [0.15, 0.2) is 6.29 Å². The van der Waals surface area contributed by atoms with Gasteiger partial charge in [-0.1, -0.05) is 180 Å². The van der Waals surface area contributed by atoms with Crippen molar-refractivity contribution in [1.82, 2.24) is 10.6 Å². The number of unbranched alkanes of at least 4 members (excludes halogenated alkanes) is 25. The van der Waals surface area contributed by atoms with Crippen molar-refractivity contribution in [2.45, 2.75) is 279 Å². The summed E-state index contributed by atoms with van der Waals surface area (Å²) in [6.07, 6.45) is 19.9. The Labute approximate surface area is 402 Å². The van der Waals surface area contributed by atoms with Gasteiger partial charge in [0.05, 0.1) is 44.1 Å². The van der Waals surface area contributed by atoms with E-state index in [1.807, 2.05) is 6.08 Å². The van der Waals surface area contributed by atoms with Gasteiger partial charge in [0.25, 0.3) is 11.7 Å². The molecule has 0 aliphatic carbocycles. The molecule has 4 saturated heterocycles. The number of aliphatic hydroxyl groups is 8. The molecule has 13 atom stereocenters. The van der Waals surface area contributed by atoms with Gasteiger partial charge in [-0.25, -0.2) is 0 Å². The Bertz CT molecular complexity index is 1330. The molecule has 4 fully saturated rings. The molecule has 16 heteroatoms. The molecule has 0 saturated carbocycles. The molecule has 0 unspecified atom stereocenters. The molecule has 392 valence electrons. The number of morpholine rings is 1. The molecule has 4 aliphatic heterocycles. The number of fused-ring (bicyclic) bond motifs is 3. The van der Waals surface area contributed by atoms with Crippen molar-refractivity contribution in [3.05, 3.63) is 12.2 Å². The first-order valence-corrected chi connectivity index (χ1v) is 26.6. The van der Waals surface area contributed by atoms with Crippen LogP contribution in [0.5, 0.6) is 0 Å². The van der Waals surface area contributed by atoms with E-state index in [4.69, 9.17) is 18.9 Å². The van der Waals surface area contributed by atoms with E-state index in [1.165, 1.54) is 122 Å². The number of rotatable bonds is 40. The van der Waals surface area contributed by atoms with E-state index in [9.17, 15) is 50.4 Å². The molecule has 2 amide bonds. The maximum Gasteiger partial charge on any atom is 0.280 e. The van der Waals surface area contributed by atoms with E-state index in [0.29, 0.717) is 6.42 Å². The maximum absolute atomic E-state index is 13.3. The lowest BCUT2D eigenvalue weighted by Gasteiger charge is -2.54. The zero-order valence-electron chi connectivity index (χ0n) is 41.2. The second-order valence-electron chi connectivity index (χ2n) is 19.6. The first kappa shape index (κ1) is 59.5. The van der Waals surface area contributed by atoms with Crippen molar-refractivity contribution in [3.8, 4) is 0 Å². The standard InChI is InChI=1S/C51H94N2O14/c1-3-5-7-9-11-13-15-17-18-20-22-24-26-28-30-32-42(59)52-37(38(56)31-29-27-25-23-21-19-16-14-12-10-8-6-4-2)36-64-49-46(62)48(45(61)41(35-55)65-49)67-51-33-39(57)43(53-50(51)63)47(66-51)44(60)40(58)34-54/h29,31,37-41,43-49,54-58,60-62H,3-28,30,32-36H2,1-2H3,(H,52,59)(H,53,63)/b31-29+/t37-,38+,39-,40+,41+,43+,44+,45-,46+,47+,48-,49+,51-/m0/s1. The van der Waals surface area contributed by atoms with Crippen LogP contribution in [-0.4, -0.2) is 152 Å². The summed E-state index contributed by atoms with van der Waals surface area (Å²) in [4.78, 5) is 26.6. The summed E-state index contributed by atoms with van der Waals surface area (Å²) in [5.74, 6) is -3.52. The zero-order valence-corrected chi connectivity index (χ0v) is 41.2. The lowest BCUT2D eigenvalue weighted by atomic mass is 9.84. The zero-order chi connectivity index (χ0) is 48.9. The fourth-order valence-corrected chi connectivity index (χ4v) is 9.49. The van der Waals surface area contributed by atoms with E-state index < -0.39 is 105 Å². The number of carbonyl (C=O) groups is 2. The van der Waals surface area contributed by atoms with Gasteiger partial charge >= 0.3 is 0 Å². The van der Waals surface area contributed by atoms with Crippen LogP contribution >= 0.6 is 0 Å². The molecule has 10 N–H and O–H groups in total. The van der Waals surface area contributed by atoms with E-state index >= 15 is 0 Å². The average Bonchev–Trinajstić information content (AvgIpc) is 3.32. The van der Waals surface area contributed by atoms with Crippen molar-refractivity contribution >= 4 is 11.8 Å². The molecule has 67 heavy (non-hydrogen) atoms. The minimum Gasteiger partial charge on any atom is -0.394 e. The molecular formula is C51H94N2O14. The van der Waals surface area contributed by atoms with E-state index in [0.717, 1.165) is 44.9 Å². The van der Waals surface area contributed by atoms with Crippen molar-refractivity contribution in [1.29, 1.82) is 0 Å². The average molecular weight is 959 g/mol. The van der Waals surface area contributed by atoms with Crippen LogP contribution in [-0.2, 0) is 28.5 Å². The van der Waals surface area contributed by atoms with Crippen LogP contribution in [0.1, 0.15) is 200 Å². The summed E-state index contributed by atoms with van der Waals surface area (Å²) in [6.45, 7) is 2.52. The SMILES string of the molecule is CCCCCCCCCCCCC/C=C/[C@@H](O)[C@H](CO[C@@H]1O[C@H](CO)[C@H](O)[C@H](O[C@@]23C[C@H](O)[C@@H](NC2=O)[C@H]([C@H](O)[C@H](O)CO)O3)[C@H]1O)NC(=O)CCCCCCCCCCCCCCCCC. The minimum atomic E-state index is -2.37. The number of nitrogens with one attached hydrogen (secondary N) is 2. The Kier molecular flexibility index (Phi) is 30.7. The molecule has 4 heterocycles. The molecule has 0 aromatic rings. The third-order valence-electron chi connectivity index (χ3n) is 13.8. The summed E-state index contributed by atoms with van der Waals surface area (Å²) >= 11 is 0. The van der Waals surface area contributed by atoms with Crippen LogP contribution in [0.15, 0.2) is 12.2 Å². The summed E-state index contributed by atoms with van der Waals surface area (Å²) < 4.78 is 23.5. The number of piperidine rings is 1. The number of carbonyl (C=O) groups excluding carboxylic acids is 2. The van der Waals surface area contributed by atoms with Crippen LogP contribution in [0.2, 0.25) is 0 Å². The Balaban J connectivity index is 1.56. The Morgan fingerprint density at radius 3 is 1.78 bits per heavy atom. The fraction of sp³-hybridized carbons (Fsp3) is 0.922. The van der Waals surface area contributed by atoms with Gasteiger partial charge in [-0.3, -0.25) is 9.59 Å². The molecule has 0 spiro atoms. The van der Waals surface area contributed by atoms with Crippen LogP contribution in [0.3, 0.4) is 0 Å². The molecule has 4 rings (SSSR count). The molecule has 2 bridgehead atoms. The number of allylic oxidation sites excluding steroid dienone is 1. The summed E-state index contributed by atoms with van der Waals surface area (Å²) in [5, 5.41) is 90.7. The number of hydrogen-bond acceptors (Lipinski definition) is 14. The van der Waals surface area contributed by atoms with Gasteiger partial charge in [0.1, 0.15) is 42.7 Å². The number of hydrogen-bond donors (Lipinski definition) is 10. The van der Waals surface area contributed by atoms with Crippen LogP contribution in [0.4, 0.5) is 0 Å². The monoisotopic (exact) mass is 959 g/mol. The number of amides is 2. The molecular weight excluding hydrogens is 865 g/mol. The van der Waals surface area contributed by atoms with Crippen molar-refractivity contribution < 1.29 is 69.4 Å². The number of ether oxygens (including phenoxy) is 4.